The summed E-state index contributed by atoms with van der Waals surface area (Å²) in [6.45, 7) is 4.55. The molecule has 97 heavy (non-hydrogen) atoms. The molecular formula is C88H151NO8. The van der Waals surface area contributed by atoms with Crippen LogP contribution in [-0.2, 0) is 33.3 Å². The lowest BCUT2D eigenvalue weighted by Gasteiger charge is -2.26. The molecule has 0 aromatic rings. The van der Waals surface area contributed by atoms with E-state index in [1.807, 2.05) is 21.1 Å². The molecule has 2 atom stereocenters. The highest BCUT2D eigenvalue weighted by atomic mass is 16.7. The van der Waals surface area contributed by atoms with Crippen molar-refractivity contribution in [3.05, 3.63) is 134 Å². The first-order valence-electron chi connectivity index (χ1n) is 40.3. The molecular weight excluding hydrogens is 1200 g/mol. The molecule has 0 spiro atoms. The van der Waals surface area contributed by atoms with E-state index in [-0.39, 0.29) is 32.2 Å². The summed E-state index contributed by atoms with van der Waals surface area (Å²) in [4.78, 5) is 37.6. The van der Waals surface area contributed by atoms with Crippen LogP contribution in [0.25, 0.3) is 0 Å². The van der Waals surface area contributed by atoms with E-state index in [9.17, 15) is 19.5 Å². The zero-order valence-corrected chi connectivity index (χ0v) is 63.7. The van der Waals surface area contributed by atoms with E-state index in [2.05, 4.69) is 148 Å². The summed E-state index contributed by atoms with van der Waals surface area (Å²) < 4.78 is 22.9. The number of aliphatic carboxylic acids is 1. The maximum absolute atomic E-state index is 13.0. The Morgan fingerprint density at radius 1 is 0.309 bits per heavy atom. The highest BCUT2D eigenvalue weighted by Gasteiger charge is 2.22. The molecule has 0 bridgehead atoms. The van der Waals surface area contributed by atoms with Crippen molar-refractivity contribution in [1.29, 1.82) is 0 Å². The molecule has 0 aliphatic carbocycles. The van der Waals surface area contributed by atoms with E-state index < -0.39 is 24.3 Å². The predicted octanol–water partition coefficient (Wildman–Crippen LogP) is 24.7. The second-order valence-corrected chi connectivity index (χ2v) is 27.9. The number of nitrogens with zero attached hydrogens (tertiary/aromatic N) is 1. The van der Waals surface area contributed by atoms with Gasteiger partial charge in [0.1, 0.15) is 13.2 Å². The number of allylic oxidation sites excluding steroid dienone is 22. The Hall–Kier alpha value is -4.57. The van der Waals surface area contributed by atoms with Crippen molar-refractivity contribution in [1.82, 2.24) is 0 Å². The molecule has 556 valence electrons. The van der Waals surface area contributed by atoms with E-state index in [0.29, 0.717) is 23.9 Å². The molecule has 9 nitrogen and oxygen atoms in total. The third-order valence-electron chi connectivity index (χ3n) is 17.4. The molecule has 0 heterocycles. The van der Waals surface area contributed by atoms with E-state index in [1.54, 1.807) is 0 Å². The Kier molecular flexibility index (Phi) is 73.5. The van der Waals surface area contributed by atoms with Crippen LogP contribution in [0.2, 0.25) is 0 Å². The Morgan fingerprint density at radius 3 is 0.825 bits per heavy atom. The van der Waals surface area contributed by atoms with E-state index in [0.717, 1.165) is 109 Å². The van der Waals surface area contributed by atoms with Crippen molar-refractivity contribution < 1.29 is 42.9 Å². The summed E-state index contributed by atoms with van der Waals surface area (Å²) in [7, 11) is 5.94. The normalized spacial score (nSPS) is 13.4. The first-order chi connectivity index (χ1) is 47.6. The number of ether oxygens (including phenoxy) is 4. The number of likely N-dealkylation sites (N-methyl/N-ethyl adjacent to an activating group) is 1. The number of quaternary nitrogens is 1. The smallest absolute Gasteiger partial charge is 0.306 e. The molecule has 0 fully saturated rings. The number of hydrogen-bond donors (Lipinski definition) is 0. The predicted molar refractivity (Wildman–Crippen MR) is 416 cm³/mol. The second-order valence-electron chi connectivity index (χ2n) is 27.9. The maximum Gasteiger partial charge on any atom is 0.306 e. The minimum Gasteiger partial charge on any atom is -0.545 e. The second kappa shape index (κ2) is 77.2. The van der Waals surface area contributed by atoms with Crippen LogP contribution in [0.1, 0.15) is 348 Å². The number of carboxylic acids is 1. The first kappa shape index (κ1) is 92.4. The summed E-state index contributed by atoms with van der Waals surface area (Å²) in [6, 6.07) is 0. The largest absolute Gasteiger partial charge is 0.545 e. The molecule has 0 N–H and O–H groups in total. The van der Waals surface area contributed by atoms with Gasteiger partial charge in [-0.3, -0.25) is 9.59 Å². The van der Waals surface area contributed by atoms with Gasteiger partial charge in [0.15, 0.2) is 12.4 Å². The molecule has 0 aliphatic heterocycles. The van der Waals surface area contributed by atoms with E-state index in [4.69, 9.17) is 18.9 Å². The van der Waals surface area contributed by atoms with Crippen LogP contribution < -0.4 is 5.11 Å². The lowest BCUT2D eigenvalue weighted by molar-refractivity contribution is -0.870. The number of hydrogen-bond acceptors (Lipinski definition) is 8. The van der Waals surface area contributed by atoms with Crippen molar-refractivity contribution in [3.8, 4) is 0 Å². The molecule has 0 aliphatic rings. The number of carboxylic acid groups (broad SMARTS) is 1. The van der Waals surface area contributed by atoms with Crippen LogP contribution in [0.5, 0.6) is 0 Å². The minimum atomic E-state index is -1.63. The SMILES string of the molecule is CC/C=C\C/C=C\C/C=C\C/C=C\C/C=C\C/C=C\CCCCCCCCCCCCCCC(=O)OC(COC(=O)CCCCCCCCCCCCCCCCCCCCCCCCCCC/C=C\C/C=C\C/C=C\C/C=C\C/C=C\CC)COC(OCC[N+](C)(C)C)C(=O)[O-]. The Morgan fingerprint density at radius 2 is 0.557 bits per heavy atom. The molecule has 2 unspecified atom stereocenters. The number of rotatable bonds is 74. The zero-order valence-electron chi connectivity index (χ0n) is 63.7. The molecule has 0 aromatic heterocycles. The summed E-state index contributed by atoms with van der Waals surface area (Å²) in [5, 5.41) is 11.9. The van der Waals surface area contributed by atoms with E-state index >= 15 is 0 Å². The number of unbranched alkanes of at least 4 members (excludes halogenated alkanes) is 37. The van der Waals surface area contributed by atoms with Gasteiger partial charge in [-0.25, -0.2) is 0 Å². The van der Waals surface area contributed by atoms with Crippen molar-refractivity contribution in [2.75, 3.05) is 47.5 Å². The van der Waals surface area contributed by atoms with Crippen LogP contribution >= 0.6 is 0 Å². The molecule has 0 radical (unpaired) electrons. The lowest BCUT2D eigenvalue weighted by Crippen LogP contribution is -2.44. The average molecular weight is 1350 g/mol. The van der Waals surface area contributed by atoms with Crippen LogP contribution in [0.15, 0.2) is 134 Å². The Balaban J connectivity index is 3.99. The number of carbonyl (C=O) groups excluding carboxylic acids is 3. The summed E-state index contributed by atoms with van der Waals surface area (Å²) in [6.07, 6.45) is 109. The van der Waals surface area contributed by atoms with Gasteiger partial charge in [-0.1, -0.05) is 359 Å². The summed E-state index contributed by atoms with van der Waals surface area (Å²) in [5.41, 5.74) is 0. The molecule has 0 saturated heterocycles. The maximum atomic E-state index is 13.0. The molecule has 0 rings (SSSR count). The highest BCUT2D eigenvalue weighted by molar-refractivity contribution is 5.70. The standard InChI is InChI=1S/C88H151NO8/c1-6-8-10-12-14-16-18-20-22-24-26-28-30-32-34-36-38-39-40-41-42-43-44-45-46-47-49-50-52-54-56-58-60-62-64-66-68-70-72-74-76-78-85(90)95-82-84(83-96-88(87(92)93)94-81-80-89(3,4)5)97-86(91)79-77-75-73-71-69-67-65-63-61-59-57-55-53-51-48-37-35-33-31-29-27-25-23-21-19-17-15-13-11-9-7-2/h8-11,14-17,20-23,26-29,32-35,48,51,84,88H,6-7,12-13,18-19,24-25,30-31,36-47,49-50,52-83H2,1-5H3/b10-8-,11-9-,16-14-,17-15-,22-20-,23-21-,28-26-,29-27-,34-32-,35-33-,51-48-. The highest BCUT2D eigenvalue weighted by Crippen LogP contribution is 2.19. The van der Waals surface area contributed by atoms with Gasteiger partial charge in [0.2, 0.25) is 0 Å². The first-order valence-corrected chi connectivity index (χ1v) is 40.3. The summed E-state index contributed by atoms with van der Waals surface area (Å²) >= 11 is 0. The fourth-order valence-corrected chi connectivity index (χ4v) is 11.3. The van der Waals surface area contributed by atoms with Crippen LogP contribution in [-0.4, -0.2) is 82.3 Å². The molecule has 0 amide bonds. The average Bonchev–Trinajstić information content (AvgIpc) is 2.39. The van der Waals surface area contributed by atoms with Crippen molar-refractivity contribution in [2.45, 2.75) is 360 Å². The fourth-order valence-electron chi connectivity index (χ4n) is 11.3. The molecule has 9 heteroatoms. The zero-order chi connectivity index (χ0) is 70.4. The van der Waals surface area contributed by atoms with Gasteiger partial charge in [-0.05, 0) is 109 Å². The van der Waals surface area contributed by atoms with Crippen molar-refractivity contribution in [3.63, 3.8) is 0 Å². The van der Waals surface area contributed by atoms with Crippen LogP contribution in [0, 0.1) is 0 Å². The van der Waals surface area contributed by atoms with Crippen LogP contribution in [0.3, 0.4) is 0 Å². The van der Waals surface area contributed by atoms with Gasteiger partial charge in [-0.2, -0.15) is 0 Å². The van der Waals surface area contributed by atoms with Crippen molar-refractivity contribution in [2.24, 2.45) is 0 Å². The fraction of sp³-hybridized carbons (Fsp3) is 0.716. The quantitative estimate of drug-likeness (QED) is 0.0195. The lowest BCUT2D eigenvalue weighted by atomic mass is 10.0. The van der Waals surface area contributed by atoms with Gasteiger partial charge in [0.05, 0.1) is 40.3 Å². The van der Waals surface area contributed by atoms with Gasteiger partial charge in [0, 0.05) is 12.8 Å². The van der Waals surface area contributed by atoms with Gasteiger partial charge >= 0.3 is 11.9 Å². The Bertz CT molecular complexity index is 2060. The monoisotopic (exact) mass is 1350 g/mol. The topological polar surface area (TPSA) is 111 Å². The van der Waals surface area contributed by atoms with Gasteiger partial charge < -0.3 is 33.3 Å². The van der Waals surface area contributed by atoms with E-state index in [1.165, 1.54) is 205 Å². The third-order valence-corrected chi connectivity index (χ3v) is 17.4. The summed E-state index contributed by atoms with van der Waals surface area (Å²) in [5.74, 6) is -2.27. The number of carbonyl (C=O) groups is 3. The van der Waals surface area contributed by atoms with Crippen molar-refractivity contribution >= 4 is 17.9 Å². The number of esters is 2. The van der Waals surface area contributed by atoms with Gasteiger partial charge in [0.25, 0.3) is 0 Å². The molecule has 0 aromatic carbocycles. The van der Waals surface area contributed by atoms with Crippen LogP contribution in [0.4, 0.5) is 0 Å². The third kappa shape index (κ3) is 78.6. The van der Waals surface area contributed by atoms with Gasteiger partial charge in [-0.15, -0.1) is 0 Å². The molecule has 0 saturated carbocycles. The Labute approximate surface area is 599 Å². The minimum absolute atomic E-state index is 0.144.